The maximum absolute atomic E-state index is 12.2. The summed E-state index contributed by atoms with van der Waals surface area (Å²) in [7, 11) is 1.74. The number of aryl methyl sites for hydroxylation is 1. The molecule has 0 amide bonds. The Balaban J connectivity index is 1.92. The van der Waals surface area contributed by atoms with Crippen molar-refractivity contribution < 1.29 is 17.9 Å². The lowest BCUT2D eigenvalue weighted by Gasteiger charge is -2.19. The molecule has 0 aliphatic carbocycles. The zero-order valence-corrected chi connectivity index (χ0v) is 11.8. The molecule has 9 heteroatoms. The average molecular weight is 321 g/mol. The van der Waals surface area contributed by atoms with Crippen LogP contribution in [-0.4, -0.2) is 21.7 Å². The van der Waals surface area contributed by atoms with Crippen LogP contribution in [-0.2, 0) is 7.05 Å². The molecular weight excluding hydrogens is 311 g/mol. The highest BCUT2D eigenvalue weighted by Crippen LogP contribution is 2.29. The number of aromatic nitrogens is 2. The van der Waals surface area contributed by atoms with Crippen molar-refractivity contribution in [2.24, 2.45) is 12.0 Å². The Morgan fingerprint density at radius 1 is 1.30 bits per heavy atom. The highest BCUT2D eigenvalue weighted by molar-refractivity contribution is 6.01. The number of nitriles is 1. The molecule has 0 spiro atoms. The molecule has 2 heterocycles. The molecule has 23 heavy (non-hydrogen) atoms. The van der Waals surface area contributed by atoms with Crippen LogP contribution in [0.25, 0.3) is 0 Å². The topological polar surface area (TPSA) is 75.2 Å². The van der Waals surface area contributed by atoms with Gasteiger partial charge in [-0.2, -0.15) is 5.26 Å². The number of benzene rings is 1. The van der Waals surface area contributed by atoms with E-state index in [0.717, 1.165) is 0 Å². The summed E-state index contributed by atoms with van der Waals surface area (Å²) < 4.78 is 42.0. The number of hydrogen-bond donors (Lipinski definition) is 1. The van der Waals surface area contributed by atoms with E-state index in [1.807, 2.05) is 0 Å². The Morgan fingerprint density at radius 2 is 2.00 bits per heavy atom. The third kappa shape index (κ3) is 2.96. The monoisotopic (exact) mass is 321 g/mol. The van der Waals surface area contributed by atoms with Crippen molar-refractivity contribution in [3.8, 4) is 11.8 Å². The summed E-state index contributed by atoms with van der Waals surface area (Å²) >= 11 is 0. The van der Waals surface area contributed by atoms with Gasteiger partial charge in [0.1, 0.15) is 17.3 Å². The number of alkyl halides is 3. The molecule has 1 N–H and O–H groups in total. The first kappa shape index (κ1) is 14.9. The number of halogens is 3. The number of hydrogen-bond acceptors (Lipinski definition) is 5. The molecule has 1 aliphatic rings. The van der Waals surface area contributed by atoms with Crippen molar-refractivity contribution in [1.82, 2.24) is 14.9 Å². The van der Waals surface area contributed by atoms with Crippen LogP contribution in [0.4, 0.5) is 19.0 Å². The minimum Gasteiger partial charge on any atom is -0.406 e. The molecule has 0 radical (unpaired) electrons. The number of nitrogens with zero attached hydrogens (tertiary/aromatic N) is 4. The molecule has 6 nitrogen and oxygen atoms in total. The fourth-order valence-corrected chi connectivity index (χ4v) is 2.18. The standard InChI is InChI=1S/C14H10F3N5O/c1-22-7-19-11-10(6-18)20-12(21-13(11)22)8-2-4-9(5-3-8)23-14(15,16)17/h2-5,7,10H,1H3,(H,20,21). The lowest BCUT2D eigenvalue weighted by molar-refractivity contribution is -0.274. The largest absolute Gasteiger partial charge is 0.573 e. The van der Waals surface area contributed by atoms with E-state index in [4.69, 9.17) is 0 Å². The Kier molecular flexibility index (Phi) is 3.44. The molecule has 1 unspecified atom stereocenters. The van der Waals surface area contributed by atoms with E-state index in [9.17, 15) is 18.4 Å². The number of amidine groups is 1. The third-order valence-corrected chi connectivity index (χ3v) is 3.20. The number of imidazole rings is 1. The van der Waals surface area contributed by atoms with Crippen LogP contribution >= 0.6 is 0 Å². The fourth-order valence-electron chi connectivity index (χ4n) is 2.18. The van der Waals surface area contributed by atoms with Crippen LogP contribution < -0.4 is 10.1 Å². The first-order chi connectivity index (χ1) is 10.9. The Bertz CT molecular complexity index is 801. The predicted molar refractivity (Wildman–Crippen MR) is 74.0 cm³/mol. The van der Waals surface area contributed by atoms with Gasteiger partial charge in [0, 0.05) is 12.6 Å². The van der Waals surface area contributed by atoms with E-state index in [1.54, 1.807) is 17.9 Å². The van der Waals surface area contributed by atoms with Crippen molar-refractivity contribution >= 4 is 11.7 Å². The van der Waals surface area contributed by atoms with Gasteiger partial charge in [-0.1, -0.05) is 0 Å². The lowest BCUT2D eigenvalue weighted by Crippen LogP contribution is -2.31. The first-order valence-corrected chi connectivity index (χ1v) is 6.49. The molecular formula is C14H10F3N5O. The number of aliphatic imine (C=N–C) groups is 1. The van der Waals surface area contributed by atoms with Gasteiger partial charge in [0.25, 0.3) is 0 Å². The van der Waals surface area contributed by atoms with Crippen molar-refractivity contribution in [3.05, 3.63) is 41.9 Å². The van der Waals surface area contributed by atoms with Crippen LogP contribution in [0.5, 0.6) is 5.75 Å². The molecule has 0 saturated heterocycles. The number of nitrogens with one attached hydrogen (secondary N) is 1. The van der Waals surface area contributed by atoms with Crippen LogP contribution in [0.15, 0.2) is 35.6 Å². The van der Waals surface area contributed by atoms with E-state index >= 15 is 0 Å². The molecule has 1 aromatic carbocycles. The zero-order chi connectivity index (χ0) is 16.6. The van der Waals surface area contributed by atoms with Gasteiger partial charge in [-0.05, 0) is 24.3 Å². The van der Waals surface area contributed by atoms with Gasteiger partial charge < -0.3 is 14.6 Å². The van der Waals surface area contributed by atoms with Gasteiger partial charge in [-0.15, -0.1) is 13.2 Å². The van der Waals surface area contributed by atoms with Crippen LogP contribution in [0.3, 0.4) is 0 Å². The molecule has 2 aromatic rings. The summed E-state index contributed by atoms with van der Waals surface area (Å²) in [5.74, 6) is 0.586. The lowest BCUT2D eigenvalue weighted by atomic mass is 10.1. The van der Waals surface area contributed by atoms with Crippen LogP contribution in [0, 0.1) is 11.3 Å². The van der Waals surface area contributed by atoms with Crippen LogP contribution in [0.1, 0.15) is 17.3 Å². The normalized spacial score (nSPS) is 16.8. The molecule has 0 fully saturated rings. The SMILES string of the molecule is Cn1cnc2c1N=C(c1ccc(OC(F)(F)F)cc1)NC2C#N. The summed E-state index contributed by atoms with van der Waals surface area (Å²) in [6, 6.07) is 6.64. The quantitative estimate of drug-likeness (QED) is 0.922. The van der Waals surface area contributed by atoms with Crippen LogP contribution in [0.2, 0.25) is 0 Å². The zero-order valence-electron chi connectivity index (χ0n) is 11.8. The summed E-state index contributed by atoms with van der Waals surface area (Å²) in [6.45, 7) is 0. The van der Waals surface area contributed by atoms with E-state index in [-0.39, 0.29) is 5.75 Å². The molecule has 0 saturated carbocycles. The Hall–Kier alpha value is -3.02. The third-order valence-electron chi connectivity index (χ3n) is 3.20. The van der Waals surface area contributed by atoms with E-state index < -0.39 is 12.4 Å². The number of rotatable bonds is 2. The molecule has 118 valence electrons. The minimum atomic E-state index is -4.74. The van der Waals surface area contributed by atoms with Gasteiger partial charge in [0.2, 0.25) is 0 Å². The van der Waals surface area contributed by atoms with Crippen molar-refractivity contribution in [1.29, 1.82) is 5.26 Å². The Morgan fingerprint density at radius 3 is 2.61 bits per heavy atom. The first-order valence-electron chi connectivity index (χ1n) is 6.49. The van der Waals surface area contributed by atoms with Crippen molar-refractivity contribution in [3.63, 3.8) is 0 Å². The van der Waals surface area contributed by atoms with Gasteiger partial charge >= 0.3 is 6.36 Å². The van der Waals surface area contributed by atoms with Crippen molar-refractivity contribution in [2.45, 2.75) is 12.4 Å². The molecule has 1 aliphatic heterocycles. The molecule has 1 aromatic heterocycles. The van der Waals surface area contributed by atoms with E-state index in [2.05, 4.69) is 26.1 Å². The van der Waals surface area contributed by atoms with Gasteiger partial charge in [-0.3, -0.25) is 0 Å². The molecule has 1 atom stereocenters. The smallest absolute Gasteiger partial charge is 0.406 e. The second-order valence-electron chi connectivity index (χ2n) is 4.80. The van der Waals surface area contributed by atoms with Crippen molar-refractivity contribution in [2.75, 3.05) is 0 Å². The maximum Gasteiger partial charge on any atom is 0.573 e. The van der Waals surface area contributed by atoms with Gasteiger partial charge in [0.05, 0.1) is 12.4 Å². The highest BCUT2D eigenvalue weighted by Gasteiger charge is 2.31. The molecule has 3 rings (SSSR count). The second kappa shape index (κ2) is 5.31. The Labute approximate surface area is 128 Å². The molecule has 0 bridgehead atoms. The van der Waals surface area contributed by atoms with Gasteiger partial charge in [-0.25, -0.2) is 9.98 Å². The summed E-state index contributed by atoms with van der Waals surface area (Å²) in [4.78, 5) is 8.49. The fraction of sp³-hybridized carbons (Fsp3) is 0.214. The van der Waals surface area contributed by atoms with Gasteiger partial charge in [0.15, 0.2) is 11.9 Å². The predicted octanol–water partition coefficient (Wildman–Crippen LogP) is 2.56. The summed E-state index contributed by atoms with van der Waals surface area (Å²) in [5, 5.41) is 12.1. The number of ether oxygens (including phenoxy) is 1. The minimum absolute atomic E-state index is 0.323. The maximum atomic E-state index is 12.2. The van der Waals surface area contributed by atoms with E-state index in [1.165, 1.54) is 24.3 Å². The highest BCUT2D eigenvalue weighted by atomic mass is 19.4. The average Bonchev–Trinajstić information content (AvgIpc) is 2.87. The summed E-state index contributed by atoms with van der Waals surface area (Å²) in [5.41, 5.74) is 1.04. The number of fused-ring (bicyclic) bond motifs is 1. The van der Waals surface area contributed by atoms with E-state index in [0.29, 0.717) is 22.9 Å². The summed E-state index contributed by atoms with van der Waals surface area (Å²) in [6.07, 6.45) is -3.19. The second-order valence-corrected chi connectivity index (χ2v) is 4.80.